The van der Waals surface area contributed by atoms with Gasteiger partial charge in [0.05, 0.1) is 0 Å². The first-order valence-corrected chi connectivity index (χ1v) is 2.30. The summed E-state index contributed by atoms with van der Waals surface area (Å²) in [6.07, 6.45) is -5.63. The highest BCUT2D eigenvalue weighted by Gasteiger charge is 2.56. The quantitative estimate of drug-likeness (QED) is 0.422. The van der Waals surface area contributed by atoms with Gasteiger partial charge in [0, 0.05) is 0 Å². The number of rotatable bonds is 0. The lowest BCUT2D eigenvalue weighted by Gasteiger charge is -2.10. The highest BCUT2D eigenvalue weighted by Crippen LogP contribution is 2.38. The van der Waals surface area contributed by atoms with Crippen LogP contribution < -0.4 is 0 Å². The zero-order valence-electron chi connectivity index (χ0n) is 4.73. The van der Waals surface area contributed by atoms with E-state index in [0.29, 0.717) is 0 Å². The average Bonchev–Trinajstić information content (AvgIpc) is 1.60. The normalized spacial score (nSPS) is 12.0. The van der Waals surface area contributed by atoms with Crippen LogP contribution in [0.3, 0.4) is 0 Å². The maximum Gasteiger partial charge on any atom is 0.469 e. The van der Waals surface area contributed by atoms with Crippen LogP contribution in [0.4, 0.5) is 30.7 Å². The Hall–Kier alpha value is -0.200. The van der Waals surface area contributed by atoms with E-state index in [4.69, 9.17) is 0 Å². The molecule has 0 radical (unpaired) electrons. The van der Waals surface area contributed by atoms with E-state index in [9.17, 15) is 30.7 Å². The molecule has 8 heteroatoms. The van der Waals surface area contributed by atoms with Crippen LogP contribution in [0.25, 0.3) is 0 Å². The van der Waals surface area contributed by atoms with E-state index in [1.54, 1.807) is 0 Å². The monoisotopic (exact) mass is 206 g/mol. The molecule has 0 nitrogen and oxygen atoms in total. The molecule has 0 unspecified atom stereocenters. The van der Waals surface area contributed by atoms with Crippen LogP contribution in [-0.2, 0) is 0 Å². The maximum atomic E-state index is 10.9. The lowest BCUT2D eigenvalue weighted by molar-refractivity contribution is -0.241. The fourth-order valence-electron chi connectivity index (χ4n) is 0. The lowest BCUT2D eigenvalue weighted by Crippen LogP contribution is -2.29. The molecule has 0 atom stereocenters. The van der Waals surface area contributed by atoms with Crippen molar-refractivity contribution in [3.63, 3.8) is 0 Å². The van der Waals surface area contributed by atoms with Crippen molar-refractivity contribution in [2.75, 3.05) is 6.93 Å². The molecule has 0 bridgehead atoms. The number of hydrogen-bond donors (Lipinski definition) is 0. The molecule has 70 valence electrons. The Labute approximate surface area is 61.9 Å². The van der Waals surface area contributed by atoms with Gasteiger partial charge in [-0.3, -0.25) is 0 Å². The van der Waals surface area contributed by atoms with Crippen LogP contribution in [0, 0.1) is 0 Å². The molecule has 0 spiro atoms. The summed E-state index contributed by atoms with van der Waals surface area (Å²) in [6, 6.07) is 0. The largest absolute Gasteiger partial charge is 0.469 e. The topological polar surface area (TPSA) is 0 Å². The zero-order valence-corrected chi connectivity index (χ0v) is 5.49. The maximum absolute atomic E-state index is 10.9. The van der Waals surface area contributed by atoms with E-state index in [0.717, 1.165) is 0 Å². The van der Waals surface area contributed by atoms with Crippen LogP contribution in [0.15, 0.2) is 0 Å². The third-order valence-electron chi connectivity index (χ3n) is 0.321. The molecule has 0 aliphatic heterocycles. The summed E-state index contributed by atoms with van der Waals surface area (Å²) in [5, 5.41) is -5.09. The van der Waals surface area contributed by atoms with Crippen LogP contribution in [-0.4, -0.2) is 18.5 Å². The predicted octanol–water partition coefficient (Wildman–Crippen LogP) is 3.26. The van der Waals surface area contributed by atoms with Crippen molar-refractivity contribution in [1.82, 2.24) is 0 Å². The van der Waals surface area contributed by atoms with Gasteiger partial charge in [0.25, 0.3) is 0 Å². The SMILES string of the molecule is FC(F)(F)C(F)(F)Cl.FCF. The summed E-state index contributed by atoms with van der Waals surface area (Å²) in [5.74, 6) is 0. The molecular formula is C3H2ClF7. The molecule has 0 aromatic rings. The van der Waals surface area contributed by atoms with Gasteiger partial charge in [-0.1, -0.05) is 0 Å². The Morgan fingerprint density at radius 2 is 1.00 bits per heavy atom. The van der Waals surface area contributed by atoms with Gasteiger partial charge >= 0.3 is 11.6 Å². The molecule has 0 saturated carbocycles. The minimum Gasteiger partial charge on any atom is -0.214 e. The third-order valence-corrected chi connectivity index (χ3v) is 0.536. The molecule has 0 N–H and O–H groups in total. The smallest absolute Gasteiger partial charge is 0.214 e. The fraction of sp³-hybridized carbons (Fsp3) is 1.00. The average molecular weight is 206 g/mol. The minimum absolute atomic E-state index is 1.75. The second kappa shape index (κ2) is 4.63. The van der Waals surface area contributed by atoms with Gasteiger partial charge in [-0.15, -0.1) is 0 Å². The van der Waals surface area contributed by atoms with Crippen molar-refractivity contribution >= 4 is 11.6 Å². The summed E-state index contributed by atoms with van der Waals surface area (Å²) < 4.78 is 73.0. The molecule has 0 fully saturated rings. The van der Waals surface area contributed by atoms with E-state index in [2.05, 4.69) is 11.6 Å². The summed E-state index contributed by atoms with van der Waals surface area (Å²) in [5.41, 5.74) is 0. The molecule has 0 rings (SSSR count). The molecule has 0 aromatic heterocycles. The third kappa shape index (κ3) is 7.70. The molecule has 0 aliphatic rings. The lowest BCUT2D eigenvalue weighted by atomic mass is 10.7. The van der Waals surface area contributed by atoms with Gasteiger partial charge in [-0.2, -0.15) is 22.0 Å². The van der Waals surface area contributed by atoms with Crippen molar-refractivity contribution < 1.29 is 30.7 Å². The fourth-order valence-corrected chi connectivity index (χ4v) is 0. The van der Waals surface area contributed by atoms with Gasteiger partial charge in [0.15, 0.2) is 0 Å². The summed E-state index contributed by atoms with van der Waals surface area (Å²) in [7, 11) is 0. The van der Waals surface area contributed by atoms with E-state index >= 15 is 0 Å². The van der Waals surface area contributed by atoms with Crippen molar-refractivity contribution in [3.05, 3.63) is 0 Å². The first kappa shape index (κ1) is 13.4. The second-order valence-electron chi connectivity index (χ2n) is 1.10. The summed E-state index contributed by atoms with van der Waals surface area (Å²) >= 11 is 3.55. The first-order valence-electron chi connectivity index (χ1n) is 1.92. The zero-order chi connectivity index (χ0) is 9.71. The van der Waals surface area contributed by atoms with E-state index < -0.39 is 18.5 Å². The van der Waals surface area contributed by atoms with Crippen LogP contribution in [0.2, 0.25) is 0 Å². The number of alkyl halides is 8. The van der Waals surface area contributed by atoms with Gasteiger partial charge in [-0.05, 0) is 11.6 Å². The highest BCUT2D eigenvalue weighted by atomic mass is 35.5. The Morgan fingerprint density at radius 1 is 0.909 bits per heavy atom. The molecule has 0 amide bonds. The standard InChI is InChI=1S/C2ClF5.CH2F2/c3-1(4,5)2(6,7)8;2-1-3/h;1H2. The second-order valence-corrected chi connectivity index (χ2v) is 1.57. The molecule has 0 aromatic carbocycles. The molecule has 0 heterocycles. The predicted molar refractivity (Wildman–Crippen MR) is 23.9 cm³/mol. The molecule has 0 aliphatic carbocycles. The van der Waals surface area contributed by atoms with E-state index in [-0.39, 0.29) is 0 Å². The van der Waals surface area contributed by atoms with Crippen LogP contribution >= 0.6 is 11.6 Å². The van der Waals surface area contributed by atoms with Gasteiger partial charge in [0.2, 0.25) is 6.93 Å². The van der Waals surface area contributed by atoms with Crippen molar-refractivity contribution in [2.24, 2.45) is 0 Å². The van der Waals surface area contributed by atoms with E-state index in [1.165, 1.54) is 0 Å². The molecule has 0 saturated heterocycles. The molecule has 11 heavy (non-hydrogen) atoms. The Bertz CT molecular complexity index is 78.8. The Morgan fingerprint density at radius 3 is 1.00 bits per heavy atom. The highest BCUT2D eigenvalue weighted by molar-refractivity contribution is 6.22. The van der Waals surface area contributed by atoms with Crippen molar-refractivity contribution in [2.45, 2.75) is 11.6 Å². The van der Waals surface area contributed by atoms with Crippen LogP contribution in [0.5, 0.6) is 0 Å². The summed E-state index contributed by atoms with van der Waals surface area (Å²) in [6.45, 7) is -1.75. The number of halogens is 8. The Kier molecular flexibility index (Phi) is 5.64. The first-order chi connectivity index (χ1) is 4.66. The van der Waals surface area contributed by atoms with Gasteiger partial charge in [-0.25, -0.2) is 8.78 Å². The van der Waals surface area contributed by atoms with Gasteiger partial charge in [0.1, 0.15) is 0 Å². The van der Waals surface area contributed by atoms with Crippen LogP contribution in [0.1, 0.15) is 0 Å². The summed E-state index contributed by atoms with van der Waals surface area (Å²) in [4.78, 5) is 0. The van der Waals surface area contributed by atoms with Gasteiger partial charge < -0.3 is 0 Å². The minimum atomic E-state index is -5.63. The van der Waals surface area contributed by atoms with E-state index in [1.807, 2.05) is 0 Å². The Balaban J connectivity index is 0. The van der Waals surface area contributed by atoms with Crippen molar-refractivity contribution in [1.29, 1.82) is 0 Å². The molecular weight excluding hydrogens is 204 g/mol. The number of hydrogen-bond acceptors (Lipinski definition) is 0. The van der Waals surface area contributed by atoms with Crippen molar-refractivity contribution in [3.8, 4) is 0 Å².